The maximum atomic E-state index is 6.09. The zero-order chi connectivity index (χ0) is 21.5. The summed E-state index contributed by atoms with van der Waals surface area (Å²) in [6.07, 6.45) is 11.5. The minimum absolute atomic E-state index is 0.0970. The maximum absolute atomic E-state index is 6.09. The molecule has 0 spiro atoms. The molecule has 0 aromatic heterocycles. The van der Waals surface area contributed by atoms with Crippen LogP contribution in [0.2, 0.25) is 0 Å². The minimum Gasteiger partial charge on any atom is -0.352 e. The molecule has 31 heavy (non-hydrogen) atoms. The third-order valence-electron chi connectivity index (χ3n) is 7.19. The van der Waals surface area contributed by atoms with E-state index in [1.54, 1.807) is 0 Å². The van der Waals surface area contributed by atoms with E-state index in [0.29, 0.717) is 5.92 Å². The third-order valence-corrected chi connectivity index (χ3v) is 7.19. The molecular weight excluding hydrogens is 380 g/mol. The number of allylic oxidation sites excluding steroid dienone is 1. The molecule has 1 heterocycles. The number of hydrogen-bond donors (Lipinski definition) is 0. The van der Waals surface area contributed by atoms with Gasteiger partial charge in [0.15, 0.2) is 6.29 Å². The molecule has 2 aromatic rings. The van der Waals surface area contributed by atoms with E-state index in [-0.39, 0.29) is 6.29 Å². The number of benzene rings is 2. The van der Waals surface area contributed by atoms with Gasteiger partial charge in [-0.1, -0.05) is 61.5 Å². The lowest BCUT2D eigenvalue weighted by Gasteiger charge is -2.33. The van der Waals surface area contributed by atoms with Crippen LogP contribution in [-0.2, 0) is 28.7 Å². The van der Waals surface area contributed by atoms with Crippen LogP contribution in [0.3, 0.4) is 0 Å². The summed E-state index contributed by atoms with van der Waals surface area (Å²) in [5, 5.41) is 0. The largest absolute Gasteiger partial charge is 0.352 e. The molecule has 1 saturated heterocycles. The Morgan fingerprint density at radius 2 is 1.32 bits per heavy atom. The minimum atomic E-state index is -0.0970. The quantitative estimate of drug-likeness (QED) is 0.441. The van der Waals surface area contributed by atoms with Crippen molar-refractivity contribution in [3.8, 4) is 0 Å². The molecule has 166 valence electrons. The second-order valence-corrected chi connectivity index (χ2v) is 9.58. The van der Waals surface area contributed by atoms with Crippen molar-refractivity contribution in [1.82, 2.24) is 0 Å². The Morgan fingerprint density at radius 1 is 0.774 bits per heavy atom. The highest BCUT2D eigenvalue weighted by Crippen LogP contribution is 2.34. The van der Waals surface area contributed by atoms with Gasteiger partial charge in [-0.3, -0.25) is 0 Å². The van der Waals surface area contributed by atoms with Gasteiger partial charge >= 0.3 is 0 Å². The highest BCUT2D eigenvalue weighted by Gasteiger charge is 2.27. The van der Waals surface area contributed by atoms with Crippen LogP contribution in [0, 0.1) is 17.8 Å². The molecular formula is C29H38O2. The average Bonchev–Trinajstić information content (AvgIpc) is 2.82. The Kier molecular flexibility index (Phi) is 7.99. The number of hydrogen-bond acceptors (Lipinski definition) is 2. The molecule has 0 N–H and O–H groups in total. The molecule has 1 aliphatic heterocycles. The lowest BCUT2D eigenvalue weighted by molar-refractivity contribution is -0.201. The highest BCUT2D eigenvalue weighted by atomic mass is 16.7. The van der Waals surface area contributed by atoms with Crippen molar-refractivity contribution in [2.24, 2.45) is 17.8 Å². The topological polar surface area (TPSA) is 18.5 Å². The van der Waals surface area contributed by atoms with Crippen LogP contribution in [0.4, 0.5) is 0 Å². The molecule has 1 aliphatic carbocycles. The summed E-state index contributed by atoms with van der Waals surface area (Å²) in [7, 11) is 0. The zero-order valence-corrected chi connectivity index (χ0v) is 19.1. The average molecular weight is 419 g/mol. The number of rotatable bonds is 8. The first-order valence-electron chi connectivity index (χ1n) is 12.2. The first-order chi connectivity index (χ1) is 15.2. The summed E-state index contributed by atoms with van der Waals surface area (Å²) in [6, 6.07) is 17.9. The van der Waals surface area contributed by atoms with Crippen molar-refractivity contribution in [3.05, 3.63) is 83.4 Å². The van der Waals surface area contributed by atoms with E-state index in [4.69, 9.17) is 9.47 Å². The van der Waals surface area contributed by atoms with E-state index in [9.17, 15) is 0 Å². The molecule has 0 radical (unpaired) electrons. The van der Waals surface area contributed by atoms with Gasteiger partial charge in [0.25, 0.3) is 0 Å². The van der Waals surface area contributed by atoms with E-state index in [1.165, 1.54) is 54.4 Å². The van der Waals surface area contributed by atoms with E-state index < -0.39 is 0 Å². The van der Waals surface area contributed by atoms with Crippen LogP contribution in [-0.4, -0.2) is 19.5 Å². The normalized spacial score (nSPS) is 26.5. The Hall–Kier alpha value is -1.90. The van der Waals surface area contributed by atoms with Crippen molar-refractivity contribution >= 4 is 0 Å². The second kappa shape index (κ2) is 11.1. The first kappa shape index (κ1) is 22.3. The molecule has 2 aliphatic rings. The summed E-state index contributed by atoms with van der Waals surface area (Å²) in [6.45, 7) is 7.84. The fraction of sp³-hybridized carbons (Fsp3) is 0.517. The van der Waals surface area contributed by atoms with Crippen LogP contribution < -0.4 is 0 Å². The maximum Gasteiger partial charge on any atom is 0.161 e. The second-order valence-electron chi connectivity index (χ2n) is 9.58. The Labute approximate surface area is 188 Å². The SMILES string of the molecule is C=CC1CCC(CC2COC(Cc3ccc(Cc4ccc(CC)cc4)cc3)OC2)CC1. The number of ether oxygens (including phenoxy) is 2. The van der Waals surface area contributed by atoms with E-state index in [1.807, 2.05) is 0 Å². The van der Waals surface area contributed by atoms with Gasteiger partial charge in [0.2, 0.25) is 0 Å². The van der Waals surface area contributed by atoms with Crippen LogP contribution in [0.5, 0.6) is 0 Å². The van der Waals surface area contributed by atoms with Gasteiger partial charge in [0.05, 0.1) is 13.2 Å². The van der Waals surface area contributed by atoms with Gasteiger partial charge in [-0.05, 0) is 79.0 Å². The van der Waals surface area contributed by atoms with Crippen molar-refractivity contribution < 1.29 is 9.47 Å². The van der Waals surface area contributed by atoms with Crippen molar-refractivity contribution in [1.29, 1.82) is 0 Å². The first-order valence-corrected chi connectivity index (χ1v) is 12.2. The highest BCUT2D eigenvalue weighted by molar-refractivity contribution is 5.30. The van der Waals surface area contributed by atoms with E-state index >= 15 is 0 Å². The van der Waals surface area contributed by atoms with Gasteiger partial charge in [0.1, 0.15) is 0 Å². The predicted molar refractivity (Wildman–Crippen MR) is 128 cm³/mol. The summed E-state index contributed by atoms with van der Waals surface area (Å²) in [4.78, 5) is 0. The van der Waals surface area contributed by atoms with E-state index in [0.717, 1.165) is 44.3 Å². The molecule has 1 saturated carbocycles. The van der Waals surface area contributed by atoms with Crippen molar-refractivity contribution in [2.45, 2.75) is 64.6 Å². The molecule has 0 unspecified atom stereocenters. The Bertz CT molecular complexity index is 792. The summed E-state index contributed by atoms with van der Waals surface area (Å²) < 4.78 is 12.2. The third kappa shape index (κ3) is 6.54. The molecule has 2 fully saturated rings. The van der Waals surface area contributed by atoms with Gasteiger partial charge < -0.3 is 9.47 Å². The van der Waals surface area contributed by atoms with Gasteiger partial charge in [0, 0.05) is 12.3 Å². The fourth-order valence-electron chi connectivity index (χ4n) is 5.08. The standard InChI is InChI=1S/C29H38O2/c1-3-22-5-9-24(10-6-22)17-25-13-15-27(16-14-25)19-29-30-20-28(21-31-29)18-26-11-7-23(4-2)8-12-26/h4-6,9-10,13-16,23,26,28-29H,2-3,7-8,11-12,17-21H2,1H3. The number of aryl methyl sites for hydroxylation is 1. The summed E-state index contributed by atoms with van der Waals surface area (Å²) in [5.74, 6) is 2.14. The fourth-order valence-corrected chi connectivity index (χ4v) is 5.08. The molecule has 0 atom stereocenters. The molecule has 0 bridgehead atoms. The molecule has 2 aromatic carbocycles. The van der Waals surface area contributed by atoms with Crippen LogP contribution in [0.1, 0.15) is 61.3 Å². The Balaban J connectivity index is 1.19. The van der Waals surface area contributed by atoms with Crippen LogP contribution >= 0.6 is 0 Å². The molecule has 4 rings (SSSR count). The lowest BCUT2D eigenvalue weighted by Crippen LogP contribution is -2.34. The summed E-state index contributed by atoms with van der Waals surface area (Å²) in [5.41, 5.74) is 5.41. The smallest absolute Gasteiger partial charge is 0.161 e. The van der Waals surface area contributed by atoms with Gasteiger partial charge in [-0.2, -0.15) is 0 Å². The molecule has 2 heteroatoms. The molecule has 0 amide bonds. The molecule has 2 nitrogen and oxygen atoms in total. The predicted octanol–water partition coefficient (Wildman–Crippen LogP) is 6.75. The van der Waals surface area contributed by atoms with Crippen molar-refractivity contribution in [3.63, 3.8) is 0 Å². The monoisotopic (exact) mass is 418 g/mol. The Morgan fingerprint density at radius 3 is 1.87 bits per heavy atom. The van der Waals surface area contributed by atoms with Gasteiger partial charge in [-0.25, -0.2) is 0 Å². The lowest BCUT2D eigenvalue weighted by atomic mass is 9.78. The van der Waals surface area contributed by atoms with Crippen LogP contribution in [0.15, 0.2) is 61.2 Å². The zero-order valence-electron chi connectivity index (χ0n) is 19.1. The van der Waals surface area contributed by atoms with Gasteiger partial charge in [-0.15, -0.1) is 6.58 Å². The van der Waals surface area contributed by atoms with E-state index in [2.05, 4.69) is 68.1 Å². The summed E-state index contributed by atoms with van der Waals surface area (Å²) >= 11 is 0. The van der Waals surface area contributed by atoms with Crippen molar-refractivity contribution in [2.75, 3.05) is 13.2 Å². The van der Waals surface area contributed by atoms with Crippen LogP contribution in [0.25, 0.3) is 0 Å².